The minimum Gasteiger partial charge on any atom is -0.490 e. The van der Waals surface area contributed by atoms with Gasteiger partial charge in [0.25, 0.3) is 0 Å². The molecule has 0 radical (unpaired) electrons. The van der Waals surface area contributed by atoms with Gasteiger partial charge in [-0.15, -0.1) is 0 Å². The van der Waals surface area contributed by atoms with Crippen molar-refractivity contribution in [1.29, 1.82) is 0 Å². The Bertz CT molecular complexity index is 1850. The van der Waals surface area contributed by atoms with E-state index in [1.807, 2.05) is 42.5 Å². The minimum atomic E-state index is -1.19. The molecule has 0 fully saturated rings. The van der Waals surface area contributed by atoms with Gasteiger partial charge in [-0.1, -0.05) is 71.7 Å². The summed E-state index contributed by atoms with van der Waals surface area (Å²) < 4.78 is 22.5. The monoisotopic (exact) mass is 692 g/mol. The smallest absolute Gasteiger partial charge is 0.337 e. The number of esters is 1. The zero-order valence-electron chi connectivity index (χ0n) is 26.4. The molecule has 0 saturated carbocycles. The number of halogens is 2. The van der Waals surface area contributed by atoms with Gasteiger partial charge in [0.2, 0.25) is 0 Å². The van der Waals surface area contributed by atoms with Crippen LogP contribution in [0.5, 0.6) is 17.2 Å². The summed E-state index contributed by atoms with van der Waals surface area (Å²) in [4.78, 5) is 24.6. The standard InChI is InChI=1S/C35H34Cl2N4O7/c1-4-46-29-16-23(32-31(34(43)45-3)20(2)39-35(44)40-32)12-13-28(29)47-19-30(42)41-38-17-21-14-26(36)33(27(37)15-21)48-18-24-10-7-9-22-8-5-6-11-25(22)24/h5-17,30,32,41-42H,4,18-19H2,1-3H3,(H2,39,40,44)/b38-17-/t30-,32-/m1/s1. The average Bonchev–Trinajstić information content (AvgIpc) is 3.07. The van der Waals surface area contributed by atoms with E-state index in [9.17, 15) is 14.7 Å². The van der Waals surface area contributed by atoms with Crippen molar-refractivity contribution in [1.82, 2.24) is 16.1 Å². The highest BCUT2D eigenvalue weighted by molar-refractivity contribution is 6.37. The fraction of sp³-hybridized carbons (Fsp3) is 0.229. The van der Waals surface area contributed by atoms with Crippen LogP contribution in [0.3, 0.4) is 0 Å². The van der Waals surface area contributed by atoms with E-state index in [2.05, 4.69) is 21.2 Å². The highest BCUT2D eigenvalue weighted by Crippen LogP contribution is 2.36. The lowest BCUT2D eigenvalue weighted by Crippen LogP contribution is -2.45. The minimum absolute atomic E-state index is 0.185. The molecule has 4 N–H and O–H groups in total. The van der Waals surface area contributed by atoms with Crippen molar-refractivity contribution in [3.8, 4) is 17.2 Å². The predicted octanol–water partition coefficient (Wildman–Crippen LogP) is 6.25. The Morgan fingerprint density at radius 2 is 1.77 bits per heavy atom. The molecule has 4 aromatic rings. The molecule has 1 heterocycles. The van der Waals surface area contributed by atoms with Crippen molar-refractivity contribution >= 4 is 52.2 Å². The van der Waals surface area contributed by atoms with Crippen LogP contribution in [0.1, 0.15) is 36.6 Å². The number of hydrogen-bond acceptors (Lipinski definition) is 9. The van der Waals surface area contributed by atoms with Gasteiger partial charge in [-0.3, -0.25) is 5.43 Å². The summed E-state index contributed by atoms with van der Waals surface area (Å²) in [5, 5.41) is 22.7. The molecule has 0 unspecified atom stereocenters. The van der Waals surface area contributed by atoms with E-state index < -0.39 is 24.3 Å². The number of nitrogens with zero attached hydrogens (tertiary/aromatic N) is 1. The number of amides is 2. The zero-order chi connectivity index (χ0) is 34.2. The number of urea groups is 1. The van der Waals surface area contributed by atoms with Crippen LogP contribution in [0.25, 0.3) is 10.8 Å². The van der Waals surface area contributed by atoms with Gasteiger partial charge in [0.05, 0.1) is 41.6 Å². The summed E-state index contributed by atoms with van der Waals surface area (Å²) in [6.45, 7) is 3.85. The second-order valence-electron chi connectivity index (χ2n) is 10.7. The highest BCUT2D eigenvalue weighted by Gasteiger charge is 2.32. The number of hydrazone groups is 1. The van der Waals surface area contributed by atoms with Crippen LogP contribution in [0.4, 0.5) is 4.79 Å². The number of benzene rings is 4. The number of ether oxygens (including phenoxy) is 4. The Morgan fingerprint density at radius 1 is 1.02 bits per heavy atom. The Morgan fingerprint density at radius 3 is 2.52 bits per heavy atom. The maximum absolute atomic E-state index is 12.5. The third-order valence-electron chi connectivity index (χ3n) is 7.38. The molecule has 2 atom stereocenters. The van der Waals surface area contributed by atoms with Crippen molar-refractivity contribution in [2.24, 2.45) is 5.10 Å². The number of carbonyl (C=O) groups is 2. The Labute approximate surface area is 287 Å². The Kier molecular flexibility index (Phi) is 11.3. The molecule has 11 nitrogen and oxygen atoms in total. The summed E-state index contributed by atoms with van der Waals surface area (Å²) in [5.74, 6) is 0.468. The number of hydrogen-bond donors (Lipinski definition) is 4. The van der Waals surface area contributed by atoms with Gasteiger partial charge in [0.1, 0.15) is 13.2 Å². The normalized spacial score (nSPS) is 15.1. The van der Waals surface area contributed by atoms with Gasteiger partial charge in [-0.05, 0) is 65.6 Å². The number of fused-ring (bicyclic) bond motifs is 1. The highest BCUT2D eigenvalue weighted by atomic mass is 35.5. The molecule has 2 amide bonds. The molecule has 0 aromatic heterocycles. The first-order valence-corrected chi connectivity index (χ1v) is 15.7. The fourth-order valence-electron chi connectivity index (χ4n) is 5.18. The quantitative estimate of drug-likeness (QED) is 0.0559. The average molecular weight is 694 g/mol. The van der Waals surface area contributed by atoms with Gasteiger partial charge >= 0.3 is 12.0 Å². The van der Waals surface area contributed by atoms with Crippen LogP contribution in [0.15, 0.2) is 89.2 Å². The molecular weight excluding hydrogens is 659 g/mol. The van der Waals surface area contributed by atoms with Crippen molar-refractivity contribution in [3.05, 3.63) is 111 Å². The largest absolute Gasteiger partial charge is 0.490 e. The molecule has 1 aliphatic heterocycles. The maximum Gasteiger partial charge on any atom is 0.337 e. The Balaban J connectivity index is 1.19. The molecule has 250 valence electrons. The number of methoxy groups -OCH3 is 1. The summed E-state index contributed by atoms with van der Waals surface area (Å²) in [6.07, 6.45) is 0.266. The molecule has 5 rings (SSSR count). The van der Waals surface area contributed by atoms with Crippen molar-refractivity contribution in [2.75, 3.05) is 20.3 Å². The molecular formula is C35H34Cl2N4O7. The third kappa shape index (κ3) is 8.11. The molecule has 0 aliphatic carbocycles. The van der Waals surface area contributed by atoms with Crippen molar-refractivity contribution in [3.63, 3.8) is 0 Å². The van der Waals surface area contributed by atoms with Crippen molar-refractivity contribution in [2.45, 2.75) is 32.7 Å². The van der Waals surface area contributed by atoms with Gasteiger partial charge in [0.15, 0.2) is 23.5 Å². The molecule has 0 bridgehead atoms. The first-order valence-electron chi connectivity index (χ1n) is 15.0. The van der Waals surface area contributed by atoms with E-state index in [1.165, 1.54) is 13.3 Å². The number of aliphatic hydroxyl groups is 1. The number of carbonyl (C=O) groups excluding carboxylic acids is 2. The SMILES string of the molecule is CCOc1cc([C@H]2NC(=O)NC(C)=C2C(=O)OC)ccc1OC[C@@H](O)N/N=C\c1cc(Cl)c(OCc2cccc3ccccc23)c(Cl)c1. The van der Waals surface area contributed by atoms with Crippen LogP contribution in [0.2, 0.25) is 10.0 Å². The lowest BCUT2D eigenvalue weighted by atomic mass is 9.95. The van der Waals surface area contributed by atoms with E-state index >= 15 is 0 Å². The fourth-order valence-corrected chi connectivity index (χ4v) is 5.79. The molecule has 48 heavy (non-hydrogen) atoms. The van der Waals surface area contributed by atoms with E-state index in [0.717, 1.165) is 16.3 Å². The van der Waals surface area contributed by atoms with Gasteiger partial charge in [-0.25, -0.2) is 9.59 Å². The predicted molar refractivity (Wildman–Crippen MR) is 184 cm³/mol. The van der Waals surface area contributed by atoms with Gasteiger partial charge in [0, 0.05) is 5.70 Å². The molecule has 0 saturated heterocycles. The van der Waals surface area contributed by atoms with Crippen LogP contribution < -0.4 is 30.3 Å². The second kappa shape index (κ2) is 15.7. The number of aliphatic hydroxyl groups excluding tert-OH is 1. The van der Waals surface area contributed by atoms with E-state index in [1.54, 1.807) is 44.2 Å². The summed E-state index contributed by atoms with van der Waals surface area (Å²) in [5.41, 5.74) is 5.40. The Hall–Kier alpha value is -4.97. The van der Waals surface area contributed by atoms with E-state index in [4.69, 9.17) is 42.1 Å². The van der Waals surface area contributed by atoms with Crippen molar-refractivity contribution < 1.29 is 33.6 Å². The second-order valence-corrected chi connectivity index (χ2v) is 11.5. The molecule has 13 heteroatoms. The molecule has 1 aliphatic rings. The first kappa shape index (κ1) is 34.4. The van der Waals surface area contributed by atoms with Crippen LogP contribution in [0, 0.1) is 0 Å². The van der Waals surface area contributed by atoms with Gasteiger partial charge in [-0.2, -0.15) is 5.10 Å². The van der Waals surface area contributed by atoms with Gasteiger partial charge < -0.3 is 34.7 Å². The summed E-state index contributed by atoms with van der Waals surface area (Å²) in [7, 11) is 1.27. The molecule has 0 spiro atoms. The first-order chi connectivity index (χ1) is 23.2. The maximum atomic E-state index is 12.5. The summed E-state index contributed by atoms with van der Waals surface area (Å²) >= 11 is 13.0. The number of nitrogens with one attached hydrogen (secondary N) is 3. The number of allylic oxidation sites excluding steroid dienone is 1. The third-order valence-corrected chi connectivity index (χ3v) is 7.94. The topological polar surface area (TPSA) is 140 Å². The van der Waals surface area contributed by atoms with Crippen LogP contribution >= 0.6 is 23.2 Å². The molecule has 4 aromatic carbocycles. The summed E-state index contributed by atoms with van der Waals surface area (Å²) in [6, 6.07) is 21.1. The van der Waals surface area contributed by atoms with E-state index in [0.29, 0.717) is 50.7 Å². The van der Waals surface area contributed by atoms with E-state index in [-0.39, 0.29) is 18.8 Å². The number of rotatable bonds is 13. The lowest BCUT2D eigenvalue weighted by molar-refractivity contribution is -0.136. The van der Waals surface area contributed by atoms with Crippen LogP contribution in [-0.2, 0) is 16.1 Å². The zero-order valence-corrected chi connectivity index (χ0v) is 27.9. The van der Waals surface area contributed by atoms with Crippen LogP contribution in [-0.4, -0.2) is 49.9 Å². The lowest BCUT2D eigenvalue weighted by Gasteiger charge is -2.28.